The van der Waals surface area contributed by atoms with Gasteiger partial charge in [-0.2, -0.15) is 5.10 Å². The average molecular weight is 243 g/mol. The van der Waals surface area contributed by atoms with Crippen molar-refractivity contribution in [2.75, 3.05) is 5.43 Å². The highest BCUT2D eigenvalue weighted by atomic mass is 16.1. The van der Waals surface area contributed by atoms with Gasteiger partial charge in [-0.05, 0) is 19.1 Å². The van der Waals surface area contributed by atoms with Gasteiger partial charge >= 0.3 is 0 Å². The number of aryl methyl sites for hydroxylation is 2. The van der Waals surface area contributed by atoms with Gasteiger partial charge in [-0.3, -0.25) is 9.78 Å². The van der Waals surface area contributed by atoms with Crippen LogP contribution < -0.4 is 11.0 Å². The Morgan fingerprint density at radius 1 is 1.56 bits per heavy atom. The summed E-state index contributed by atoms with van der Waals surface area (Å²) in [5.74, 6) is 0.373. The summed E-state index contributed by atoms with van der Waals surface area (Å²) in [5.41, 5.74) is 5.37. The highest BCUT2D eigenvalue weighted by molar-refractivity contribution is 6.01. The number of nitrogens with zero attached hydrogens (tertiary/aromatic N) is 3. The van der Waals surface area contributed by atoms with Crippen LogP contribution in [0, 0.1) is 6.92 Å². The first-order chi connectivity index (χ1) is 8.72. The third kappa shape index (κ3) is 1.92. The van der Waals surface area contributed by atoms with Crippen molar-refractivity contribution in [1.82, 2.24) is 14.5 Å². The van der Waals surface area contributed by atoms with E-state index in [1.54, 1.807) is 6.92 Å². The number of aromatic nitrogens is 3. The van der Waals surface area contributed by atoms with E-state index in [9.17, 15) is 4.79 Å². The van der Waals surface area contributed by atoms with Gasteiger partial charge in [0.1, 0.15) is 0 Å². The highest BCUT2D eigenvalue weighted by Gasteiger charge is 2.16. The van der Waals surface area contributed by atoms with E-state index in [-0.39, 0.29) is 5.56 Å². The first kappa shape index (κ1) is 10.8. The molecule has 2 N–H and O–H groups in total. The number of H-pyrrole nitrogens is 1. The van der Waals surface area contributed by atoms with Crippen LogP contribution in [0.25, 0.3) is 0 Å². The predicted molar refractivity (Wildman–Crippen MR) is 68.8 cm³/mol. The van der Waals surface area contributed by atoms with Crippen molar-refractivity contribution in [3.8, 4) is 0 Å². The van der Waals surface area contributed by atoms with E-state index in [0.29, 0.717) is 11.6 Å². The van der Waals surface area contributed by atoms with Gasteiger partial charge in [0.2, 0.25) is 5.95 Å². The Morgan fingerprint density at radius 2 is 2.44 bits per heavy atom. The molecular weight excluding hydrogens is 230 g/mol. The quantitative estimate of drug-likeness (QED) is 0.775. The maximum atomic E-state index is 11.3. The average Bonchev–Trinajstić information content (AvgIpc) is 2.87. The number of aromatic amines is 1. The van der Waals surface area contributed by atoms with Gasteiger partial charge < -0.3 is 4.57 Å². The molecule has 0 radical (unpaired) electrons. The van der Waals surface area contributed by atoms with Crippen LogP contribution in [-0.2, 0) is 6.54 Å². The largest absolute Gasteiger partial charge is 0.346 e. The van der Waals surface area contributed by atoms with Crippen molar-refractivity contribution in [2.45, 2.75) is 19.9 Å². The zero-order valence-corrected chi connectivity index (χ0v) is 9.97. The summed E-state index contributed by atoms with van der Waals surface area (Å²) in [6.07, 6.45) is 2.92. The molecule has 1 aliphatic heterocycles. The summed E-state index contributed by atoms with van der Waals surface area (Å²) in [6.45, 7) is 2.72. The summed E-state index contributed by atoms with van der Waals surface area (Å²) in [6, 6.07) is 5.47. The molecule has 0 spiro atoms. The highest BCUT2D eigenvalue weighted by Crippen LogP contribution is 2.15. The number of rotatable bonds is 2. The Bertz CT molecular complexity index is 667. The van der Waals surface area contributed by atoms with Crippen LogP contribution in [0.2, 0.25) is 0 Å². The Hall–Kier alpha value is -2.37. The first-order valence-electron chi connectivity index (χ1n) is 5.78. The van der Waals surface area contributed by atoms with Gasteiger partial charge in [0.15, 0.2) is 0 Å². The Morgan fingerprint density at radius 3 is 3.28 bits per heavy atom. The van der Waals surface area contributed by atoms with Crippen molar-refractivity contribution in [2.24, 2.45) is 5.10 Å². The predicted octanol–water partition coefficient (Wildman–Crippen LogP) is 1.10. The first-order valence-corrected chi connectivity index (χ1v) is 5.78. The summed E-state index contributed by atoms with van der Waals surface area (Å²) in [7, 11) is 0. The second-order valence-corrected chi connectivity index (χ2v) is 4.24. The molecule has 0 unspecified atom stereocenters. The summed E-state index contributed by atoms with van der Waals surface area (Å²) >= 11 is 0. The maximum Gasteiger partial charge on any atom is 0.252 e. The molecule has 2 aromatic rings. The molecule has 3 heterocycles. The normalized spacial score (nSPS) is 15.9. The second kappa shape index (κ2) is 4.14. The molecule has 2 aromatic heterocycles. The lowest BCUT2D eigenvalue weighted by atomic mass is 10.2. The molecule has 0 atom stereocenters. The van der Waals surface area contributed by atoms with Crippen molar-refractivity contribution in [3.05, 3.63) is 46.1 Å². The third-order valence-electron chi connectivity index (χ3n) is 2.88. The molecule has 6 nitrogen and oxygen atoms in total. The van der Waals surface area contributed by atoms with E-state index in [2.05, 4.69) is 25.1 Å². The van der Waals surface area contributed by atoms with E-state index >= 15 is 0 Å². The second-order valence-electron chi connectivity index (χ2n) is 4.24. The molecule has 0 aliphatic carbocycles. The summed E-state index contributed by atoms with van der Waals surface area (Å²) in [5, 5.41) is 4.30. The minimum absolute atomic E-state index is 0.181. The number of hydrazone groups is 1. The topological polar surface area (TPSA) is 75.1 Å². The monoisotopic (exact) mass is 243 g/mol. The number of fused-ring (bicyclic) bond motifs is 1. The molecule has 0 bridgehead atoms. The smallest absolute Gasteiger partial charge is 0.252 e. The lowest BCUT2D eigenvalue weighted by molar-refractivity contribution is 0.771. The number of hydrogen-bond donors (Lipinski definition) is 2. The van der Waals surface area contributed by atoms with Crippen LogP contribution in [0.3, 0.4) is 0 Å². The van der Waals surface area contributed by atoms with E-state index in [4.69, 9.17) is 0 Å². The van der Waals surface area contributed by atoms with Crippen molar-refractivity contribution >= 4 is 11.7 Å². The van der Waals surface area contributed by atoms with Gasteiger partial charge in [-0.25, -0.2) is 10.4 Å². The molecule has 0 fully saturated rings. The molecule has 1 aliphatic rings. The zero-order chi connectivity index (χ0) is 12.5. The van der Waals surface area contributed by atoms with E-state index < -0.39 is 0 Å². The van der Waals surface area contributed by atoms with Crippen LogP contribution in [0.4, 0.5) is 5.95 Å². The van der Waals surface area contributed by atoms with Gasteiger partial charge in [-0.15, -0.1) is 0 Å². The van der Waals surface area contributed by atoms with Crippen molar-refractivity contribution in [3.63, 3.8) is 0 Å². The number of anilines is 1. The molecular formula is C12H13N5O. The van der Waals surface area contributed by atoms with Crippen LogP contribution in [-0.4, -0.2) is 20.2 Å². The molecule has 0 saturated heterocycles. The Kier molecular flexibility index (Phi) is 2.47. The Labute approximate surface area is 103 Å². The van der Waals surface area contributed by atoms with Crippen LogP contribution in [0.5, 0.6) is 0 Å². The number of hydrogen-bond acceptors (Lipinski definition) is 4. The van der Waals surface area contributed by atoms with Gasteiger partial charge in [0.05, 0.1) is 11.4 Å². The van der Waals surface area contributed by atoms with E-state index in [1.165, 1.54) is 6.07 Å². The fourth-order valence-electron chi connectivity index (χ4n) is 2.09. The summed E-state index contributed by atoms with van der Waals surface area (Å²) < 4.78 is 2.15. The van der Waals surface area contributed by atoms with Crippen molar-refractivity contribution < 1.29 is 0 Å². The van der Waals surface area contributed by atoms with Crippen LogP contribution >= 0.6 is 0 Å². The minimum Gasteiger partial charge on any atom is -0.346 e. The van der Waals surface area contributed by atoms with Gasteiger partial charge in [0, 0.05) is 30.9 Å². The molecule has 18 heavy (non-hydrogen) atoms. The van der Waals surface area contributed by atoms with E-state index in [1.807, 2.05) is 18.3 Å². The lowest BCUT2D eigenvalue weighted by Crippen LogP contribution is -2.11. The van der Waals surface area contributed by atoms with Crippen LogP contribution in [0.15, 0.2) is 34.3 Å². The van der Waals surface area contributed by atoms with Crippen LogP contribution in [0.1, 0.15) is 17.8 Å². The Balaban J connectivity index is 1.85. The van der Waals surface area contributed by atoms with Gasteiger partial charge in [0.25, 0.3) is 5.56 Å². The molecule has 0 amide bonds. The summed E-state index contributed by atoms with van der Waals surface area (Å²) in [4.78, 5) is 18.0. The van der Waals surface area contributed by atoms with Crippen molar-refractivity contribution in [1.29, 1.82) is 0 Å². The van der Waals surface area contributed by atoms with E-state index in [0.717, 1.165) is 24.4 Å². The molecule has 92 valence electrons. The fourth-order valence-corrected chi connectivity index (χ4v) is 2.09. The molecule has 3 rings (SSSR count). The molecule has 6 heteroatoms. The SMILES string of the molecule is Cc1cc(=O)[nH]c(NN=C2CCn3cccc32)n1. The fraction of sp³-hybridized carbons (Fsp3) is 0.250. The molecule has 0 aromatic carbocycles. The molecule has 0 saturated carbocycles. The minimum atomic E-state index is -0.181. The third-order valence-corrected chi connectivity index (χ3v) is 2.88. The van der Waals surface area contributed by atoms with Gasteiger partial charge in [-0.1, -0.05) is 0 Å². The maximum absolute atomic E-state index is 11.3. The zero-order valence-electron chi connectivity index (χ0n) is 9.97. The number of nitrogens with one attached hydrogen (secondary N) is 2. The lowest BCUT2D eigenvalue weighted by Gasteiger charge is -2.01. The standard InChI is InChI=1S/C12H13N5O/c1-8-7-11(18)14-12(13-8)16-15-9-4-6-17-5-2-3-10(9)17/h2-3,5,7H,4,6H2,1H3,(H2,13,14,16,18).